The number of amides is 3. The smallest absolute Gasteiger partial charge is 0.323 e. The van der Waals surface area contributed by atoms with E-state index in [0.717, 1.165) is 0 Å². The molecule has 2 heterocycles. The summed E-state index contributed by atoms with van der Waals surface area (Å²) in [5.74, 6) is -1.62. The summed E-state index contributed by atoms with van der Waals surface area (Å²) in [5, 5.41) is 27.2. The Balaban J connectivity index is 2.24. The minimum Gasteiger partial charge on any atom is -0.491 e. The highest BCUT2D eigenvalue weighted by Gasteiger charge is 2.39. The summed E-state index contributed by atoms with van der Waals surface area (Å²) in [6.45, 7) is 0. The fraction of sp³-hybridized carbons (Fsp3) is 0.333. The highest BCUT2D eigenvalue weighted by atomic mass is 16.3. The van der Waals surface area contributed by atoms with Gasteiger partial charge in [0.1, 0.15) is 12.2 Å². The molecule has 0 spiro atoms. The van der Waals surface area contributed by atoms with Crippen molar-refractivity contribution in [2.24, 2.45) is 0 Å². The van der Waals surface area contributed by atoms with Gasteiger partial charge in [-0.2, -0.15) is 0 Å². The lowest BCUT2D eigenvalue weighted by Crippen LogP contribution is -2.71. The molecule has 2 aliphatic rings. The molecular formula is C6H8N4O4. The molecule has 0 radical (unpaired) electrons. The van der Waals surface area contributed by atoms with Crippen molar-refractivity contribution in [3.05, 3.63) is 11.8 Å². The Kier molecular flexibility index (Phi) is 1.63. The SMILES string of the molecule is O=C1NC(=O)C2NC(O)=C(O)NC2N1. The van der Waals surface area contributed by atoms with Crippen LogP contribution in [0.1, 0.15) is 0 Å². The topological polar surface area (TPSA) is 123 Å². The number of rotatable bonds is 0. The Morgan fingerprint density at radius 1 is 1.00 bits per heavy atom. The van der Waals surface area contributed by atoms with Crippen molar-refractivity contribution in [2.75, 3.05) is 0 Å². The summed E-state index contributed by atoms with van der Waals surface area (Å²) in [4.78, 5) is 22.0. The van der Waals surface area contributed by atoms with Gasteiger partial charge in [0.05, 0.1) is 0 Å². The maximum Gasteiger partial charge on any atom is 0.323 e. The number of nitrogens with one attached hydrogen (secondary N) is 4. The third kappa shape index (κ3) is 1.16. The van der Waals surface area contributed by atoms with E-state index in [1.54, 1.807) is 0 Å². The fourth-order valence-corrected chi connectivity index (χ4v) is 1.30. The second kappa shape index (κ2) is 2.69. The second-order valence-electron chi connectivity index (χ2n) is 2.90. The van der Waals surface area contributed by atoms with Gasteiger partial charge in [-0.05, 0) is 0 Å². The van der Waals surface area contributed by atoms with Crippen LogP contribution in [-0.2, 0) is 4.79 Å². The van der Waals surface area contributed by atoms with Crippen LogP contribution in [0.3, 0.4) is 0 Å². The molecule has 14 heavy (non-hydrogen) atoms. The number of aliphatic hydroxyl groups is 2. The predicted octanol–water partition coefficient (Wildman–Crippen LogP) is -2.04. The van der Waals surface area contributed by atoms with Crippen LogP contribution in [0.5, 0.6) is 0 Å². The molecule has 0 aromatic rings. The van der Waals surface area contributed by atoms with Crippen molar-refractivity contribution in [2.45, 2.75) is 12.2 Å². The molecule has 8 heteroatoms. The average molecular weight is 200 g/mol. The van der Waals surface area contributed by atoms with Crippen LogP contribution in [0.4, 0.5) is 4.79 Å². The van der Waals surface area contributed by atoms with Crippen LogP contribution in [0.25, 0.3) is 0 Å². The van der Waals surface area contributed by atoms with Gasteiger partial charge >= 0.3 is 6.03 Å². The van der Waals surface area contributed by atoms with E-state index in [0.29, 0.717) is 0 Å². The van der Waals surface area contributed by atoms with E-state index in [1.807, 2.05) is 5.32 Å². The summed E-state index contributed by atoms with van der Waals surface area (Å²) in [5.41, 5.74) is 0. The monoisotopic (exact) mass is 200 g/mol. The van der Waals surface area contributed by atoms with Gasteiger partial charge in [0.2, 0.25) is 11.8 Å². The van der Waals surface area contributed by atoms with Gasteiger partial charge in [0.25, 0.3) is 5.91 Å². The third-order valence-corrected chi connectivity index (χ3v) is 1.95. The predicted molar refractivity (Wildman–Crippen MR) is 42.8 cm³/mol. The normalized spacial score (nSPS) is 30.9. The van der Waals surface area contributed by atoms with Crippen molar-refractivity contribution >= 4 is 11.9 Å². The lowest BCUT2D eigenvalue weighted by Gasteiger charge is -2.35. The van der Waals surface area contributed by atoms with E-state index >= 15 is 0 Å². The number of urea groups is 1. The van der Waals surface area contributed by atoms with Gasteiger partial charge < -0.3 is 26.2 Å². The van der Waals surface area contributed by atoms with Gasteiger partial charge in [0.15, 0.2) is 0 Å². The van der Waals surface area contributed by atoms with Crippen LogP contribution in [0, 0.1) is 0 Å². The van der Waals surface area contributed by atoms with Gasteiger partial charge in [0, 0.05) is 0 Å². The molecule has 0 saturated carbocycles. The first kappa shape index (κ1) is 8.48. The quantitative estimate of drug-likeness (QED) is 0.268. The fourth-order valence-electron chi connectivity index (χ4n) is 1.30. The molecule has 6 N–H and O–H groups in total. The molecule has 8 nitrogen and oxygen atoms in total. The second-order valence-corrected chi connectivity index (χ2v) is 2.90. The summed E-state index contributed by atoms with van der Waals surface area (Å²) in [6, 6.07) is -1.50. The Hall–Kier alpha value is -2.12. The number of carbonyl (C=O) groups excluding carboxylic acids is 2. The van der Waals surface area contributed by atoms with E-state index < -0.39 is 35.9 Å². The standard InChI is InChI=1S/C6H8N4O4/c11-3-1-2(9-6(14)10-3)8-5(13)4(12)7-1/h1-2,7-8,12-13H,(H2,9,10,11,14). The molecular weight excluding hydrogens is 192 g/mol. The number of hydrogen-bond donors (Lipinski definition) is 6. The minimum atomic E-state index is -0.844. The number of aliphatic hydroxyl groups excluding tert-OH is 2. The molecule has 2 atom stereocenters. The molecule has 3 amide bonds. The van der Waals surface area contributed by atoms with Crippen molar-refractivity contribution in [1.29, 1.82) is 0 Å². The van der Waals surface area contributed by atoms with Crippen molar-refractivity contribution < 1.29 is 19.8 Å². The maximum atomic E-state index is 11.2. The van der Waals surface area contributed by atoms with Gasteiger partial charge in [-0.3, -0.25) is 10.1 Å². The maximum absolute atomic E-state index is 11.2. The van der Waals surface area contributed by atoms with Crippen LogP contribution >= 0.6 is 0 Å². The Morgan fingerprint density at radius 2 is 1.64 bits per heavy atom. The van der Waals surface area contributed by atoms with Gasteiger partial charge in [-0.1, -0.05) is 0 Å². The zero-order valence-electron chi connectivity index (χ0n) is 6.87. The summed E-state index contributed by atoms with van der Waals surface area (Å²) >= 11 is 0. The van der Waals surface area contributed by atoms with Crippen LogP contribution in [0.2, 0.25) is 0 Å². The highest BCUT2D eigenvalue weighted by molar-refractivity contribution is 6.00. The van der Waals surface area contributed by atoms with E-state index in [1.165, 1.54) is 0 Å². The summed E-state index contributed by atoms with van der Waals surface area (Å²) in [7, 11) is 0. The van der Waals surface area contributed by atoms with Crippen LogP contribution < -0.4 is 21.3 Å². The first-order valence-electron chi connectivity index (χ1n) is 3.84. The first-order valence-corrected chi connectivity index (χ1v) is 3.84. The molecule has 0 bridgehead atoms. The van der Waals surface area contributed by atoms with Gasteiger partial charge in [-0.25, -0.2) is 4.79 Å². The van der Waals surface area contributed by atoms with Crippen LogP contribution in [0.15, 0.2) is 11.8 Å². The molecule has 76 valence electrons. The molecule has 2 rings (SSSR count). The van der Waals surface area contributed by atoms with E-state index in [4.69, 9.17) is 10.2 Å². The van der Waals surface area contributed by atoms with Gasteiger partial charge in [-0.15, -0.1) is 0 Å². The average Bonchev–Trinajstić information content (AvgIpc) is 2.08. The number of fused-ring (bicyclic) bond motifs is 1. The largest absolute Gasteiger partial charge is 0.491 e. The Labute approximate surface area is 78.0 Å². The summed E-state index contributed by atoms with van der Waals surface area (Å²) < 4.78 is 0. The van der Waals surface area contributed by atoms with Crippen molar-refractivity contribution in [1.82, 2.24) is 21.3 Å². The van der Waals surface area contributed by atoms with Crippen LogP contribution in [-0.4, -0.2) is 34.4 Å². The molecule has 1 saturated heterocycles. The third-order valence-electron chi connectivity index (χ3n) is 1.95. The number of hydrogen-bond acceptors (Lipinski definition) is 6. The molecule has 0 aliphatic carbocycles. The zero-order valence-corrected chi connectivity index (χ0v) is 6.87. The molecule has 0 aromatic heterocycles. The molecule has 2 unspecified atom stereocenters. The summed E-state index contributed by atoms with van der Waals surface area (Å²) in [6.07, 6.45) is -0.771. The lowest BCUT2D eigenvalue weighted by molar-refractivity contribution is -0.124. The molecule has 1 fully saturated rings. The molecule has 2 aliphatic heterocycles. The highest BCUT2D eigenvalue weighted by Crippen LogP contribution is 2.07. The number of imide groups is 1. The van der Waals surface area contributed by atoms with E-state index in [2.05, 4.69) is 16.0 Å². The van der Waals surface area contributed by atoms with Crippen molar-refractivity contribution in [3.8, 4) is 0 Å². The number of carbonyl (C=O) groups is 2. The Bertz CT molecular complexity index is 339. The Morgan fingerprint density at radius 3 is 2.36 bits per heavy atom. The van der Waals surface area contributed by atoms with E-state index in [-0.39, 0.29) is 0 Å². The lowest BCUT2D eigenvalue weighted by atomic mass is 10.1. The van der Waals surface area contributed by atoms with Crippen molar-refractivity contribution in [3.63, 3.8) is 0 Å². The molecule has 0 aromatic carbocycles. The van der Waals surface area contributed by atoms with E-state index in [9.17, 15) is 9.59 Å². The first-order chi connectivity index (χ1) is 6.58. The zero-order chi connectivity index (χ0) is 10.3. The minimum absolute atomic E-state index is 0.513.